The van der Waals surface area contributed by atoms with Gasteiger partial charge in [-0.15, -0.1) is 9.13 Å². The standard InChI is InChI=1S/C25H19N3/c1-2-26-21-13-7-9-17-19-11-3-5-15-27(19)25(23(17)21)24-18(10-8-14-22(24)26)20-12-4-6-16-28(20)25/h3-16H,2H2,1H3/q+2. The highest BCUT2D eigenvalue weighted by atomic mass is 15.3. The van der Waals surface area contributed by atoms with Gasteiger partial charge in [-0.2, -0.15) is 0 Å². The Kier molecular flexibility index (Phi) is 2.44. The zero-order valence-corrected chi connectivity index (χ0v) is 15.6. The maximum atomic E-state index is 2.48. The molecule has 0 aliphatic carbocycles. The monoisotopic (exact) mass is 361 g/mol. The van der Waals surface area contributed by atoms with Crippen molar-refractivity contribution in [3.8, 4) is 22.5 Å². The minimum Gasteiger partial charge on any atom is -0.340 e. The van der Waals surface area contributed by atoms with E-state index in [4.69, 9.17) is 0 Å². The van der Waals surface area contributed by atoms with Crippen molar-refractivity contribution in [3.63, 3.8) is 0 Å². The number of aromatic nitrogens is 2. The summed E-state index contributed by atoms with van der Waals surface area (Å²) in [5, 5.41) is 0. The zero-order valence-electron chi connectivity index (χ0n) is 15.6. The van der Waals surface area contributed by atoms with Gasteiger partial charge in [0.25, 0.3) is 0 Å². The summed E-state index contributed by atoms with van der Waals surface area (Å²) in [7, 11) is 0. The Balaban J connectivity index is 1.80. The quantitative estimate of drug-likeness (QED) is 0.403. The molecule has 3 aliphatic rings. The second-order valence-electron chi connectivity index (χ2n) is 7.73. The largest absolute Gasteiger partial charge is 0.421 e. The zero-order chi connectivity index (χ0) is 18.5. The maximum absolute atomic E-state index is 2.48. The molecule has 0 amide bonds. The SMILES string of the molecule is CCN1c2cccc3c2C2(c4c(cccc41)-c1cccc[n+]12)[n+]1ccccc1-3. The number of nitrogens with zero attached hydrogens (tertiary/aromatic N) is 3. The summed E-state index contributed by atoms with van der Waals surface area (Å²) in [6.07, 6.45) is 4.49. The molecule has 0 unspecified atom stereocenters. The minimum absolute atomic E-state index is 0.350. The van der Waals surface area contributed by atoms with Crippen molar-refractivity contribution < 1.29 is 9.13 Å². The predicted octanol–water partition coefficient (Wildman–Crippen LogP) is 3.99. The van der Waals surface area contributed by atoms with Crippen molar-refractivity contribution in [2.45, 2.75) is 12.6 Å². The average Bonchev–Trinajstić information content (AvgIpc) is 3.23. The van der Waals surface area contributed by atoms with E-state index in [-0.39, 0.29) is 5.66 Å². The number of hydrogen-bond acceptors (Lipinski definition) is 1. The molecule has 5 heterocycles. The second-order valence-corrected chi connectivity index (χ2v) is 7.73. The fourth-order valence-corrected chi connectivity index (χ4v) is 5.77. The van der Waals surface area contributed by atoms with E-state index in [0.717, 1.165) is 6.54 Å². The third-order valence-corrected chi connectivity index (χ3v) is 6.65. The number of hydrogen-bond donors (Lipinski definition) is 0. The molecule has 1 spiro atoms. The van der Waals surface area contributed by atoms with Gasteiger partial charge in [-0.3, -0.25) is 0 Å². The number of anilines is 2. The van der Waals surface area contributed by atoms with Gasteiger partial charge in [0.05, 0.1) is 22.5 Å². The lowest BCUT2D eigenvalue weighted by atomic mass is 9.83. The van der Waals surface area contributed by atoms with E-state index in [1.165, 1.54) is 45.0 Å². The van der Waals surface area contributed by atoms with Crippen LogP contribution >= 0.6 is 0 Å². The molecular formula is C25H19N3+2. The van der Waals surface area contributed by atoms with Crippen LogP contribution in [0, 0.1) is 0 Å². The highest BCUT2D eigenvalue weighted by molar-refractivity contribution is 5.89. The molecule has 4 aromatic rings. The minimum atomic E-state index is -0.350. The molecule has 0 bridgehead atoms. The van der Waals surface area contributed by atoms with E-state index < -0.39 is 0 Å². The number of pyridine rings is 2. The first-order chi connectivity index (χ1) is 13.9. The summed E-state index contributed by atoms with van der Waals surface area (Å²) < 4.78 is 4.96. The van der Waals surface area contributed by atoms with Gasteiger partial charge in [0.15, 0.2) is 12.4 Å². The van der Waals surface area contributed by atoms with Gasteiger partial charge < -0.3 is 4.90 Å². The van der Waals surface area contributed by atoms with E-state index in [9.17, 15) is 0 Å². The lowest BCUT2D eigenvalue weighted by molar-refractivity contribution is -0.955. The van der Waals surface area contributed by atoms with E-state index in [0.29, 0.717) is 0 Å². The summed E-state index contributed by atoms with van der Waals surface area (Å²) >= 11 is 0. The molecule has 0 fully saturated rings. The summed E-state index contributed by atoms with van der Waals surface area (Å²) in [5.74, 6) is 0. The van der Waals surface area contributed by atoms with Crippen LogP contribution in [0.4, 0.5) is 11.4 Å². The smallest absolute Gasteiger partial charge is 0.340 e. The van der Waals surface area contributed by atoms with Crippen LogP contribution in [0.1, 0.15) is 18.1 Å². The van der Waals surface area contributed by atoms with Crippen LogP contribution in [-0.2, 0) is 5.66 Å². The third-order valence-electron chi connectivity index (χ3n) is 6.65. The van der Waals surface area contributed by atoms with Crippen LogP contribution < -0.4 is 14.0 Å². The molecule has 28 heavy (non-hydrogen) atoms. The number of rotatable bonds is 1. The van der Waals surface area contributed by atoms with Crippen LogP contribution in [0.2, 0.25) is 0 Å². The van der Waals surface area contributed by atoms with Crippen LogP contribution in [0.3, 0.4) is 0 Å². The predicted molar refractivity (Wildman–Crippen MR) is 108 cm³/mol. The Morgan fingerprint density at radius 3 is 1.71 bits per heavy atom. The Morgan fingerprint density at radius 2 is 1.21 bits per heavy atom. The van der Waals surface area contributed by atoms with Crippen LogP contribution in [-0.4, -0.2) is 6.54 Å². The molecule has 0 saturated carbocycles. The fourth-order valence-electron chi connectivity index (χ4n) is 5.77. The highest BCUT2D eigenvalue weighted by Gasteiger charge is 2.70. The number of fused-ring (bicyclic) bond motifs is 4. The van der Waals surface area contributed by atoms with Gasteiger partial charge in [-0.05, 0) is 43.3 Å². The molecule has 3 nitrogen and oxygen atoms in total. The van der Waals surface area contributed by atoms with Crippen molar-refractivity contribution in [1.29, 1.82) is 0 Å². The summed E-state index contributed by atoms with van der Waals surface area (Å²) in [5.41, 5.74) is 10.3. The molecule has 0 atom stereocenters. The Morgan fingerprint density at radius 1 is 0.679 bits per heavy atom. The highest BCUT2D eigenvalue weighted by Crippen LogP contribution is 2.57. The van der Waals surface area contributed by atoms with Crippen LogP contribution in [0.5, 0.6) is 0 Å². The molecule has 3 aliphatic heterocycles. The van der Waals surface area contributed by atoms with E-state index in [2.05, 4.69) is 106 Å². The first kappa shape index (κ1) is 14.6. The van der Waals surface area contributed by atoms with Crippen molar-refractivity contribution in [1.82, 2.24) is 0 Å². The van der Waals surface area contributed by atoms with Crippen molar-refractivity contribution in [2.24, 2.45) is 0 Å². The van der Waals surface area contributed by atoms with E-state index in [1.54, 1.807) is 0 Å². The van der Waals surface area contributed by atoms with Crippen molar-refractivity contribution >= 4 is 11.4 Å². The lowest BCUT2D eigenvalue weighted by Gasteiger charge is -2.34. The molecule has 132 valence electrons. The van der Waals surface area contributed by atoms with Crippen LogP contribution in [0.25, 0.3) is 22.5 Å². The molecule has 0 saturated heterocycles. The van der Waals surface area contributed by atoms with Gasteiger partial charge in [-0.25, -0.2) is 0 Å². The lowest BCUT2D eigenvalue weighted by Crippen LogP contribution is -2.72. The Bertz CT molecular complexity index is 1220. The molecular weight excluding hydrogens is 342 g/mol. The maximum Gasteiger partial charge on any atom is 0.421 e. The first-order valence-electron chi connectivity index (χ1n) is 9.95. The average molecular weight is 361 g/mol. The second kappa shape index (κ2) is 4.68. The summed E-state index contributed by atoms with van der Waals surface area (Å²) in [4.78, 5) is 2.48. The van der Waals surface area contributed by atoms with Gasteiger partial charge in [0.2, 0.25) is 11.4 Å². The summed E-state index contributed by atoms with van der Waals surface area (Å²) in [6.45, 7) is 3.20. The van der Waals surface area contributed by atoms with Crippen molar-refractivity contribution in [2.75, 3.05) is 11.4 Å². The molecule has 0 radical (unpaired) electrons. The van der Waals surface area contributed by atoms with E-state index in [1.807, 2.05) is 0 Å². The molecule has 2 aromatic heterocycles. The van der Waals surface area contributed by atoms with Gasteiger partial charge >= 0.3 is 5.66 Å². The topological polar surface area (TPSA) is 11.0 Å². The third kappa shape index (κ3) is 1.33. The molecule has 2 aromatic carbocycles. The molecule has 3 heteroatoms. The van der Waals surface area contributed by atoms with Gasteiger partial charge in [0, 0.05) is 30.8 Å². The normalized spacial score (nSPS) is 15.7. The van der Waals surface area contributed by atoms with Crippen molar-refractivity contribution in [3.05, 3.63) is 96.3 Å². The summed E-state index contributed by atoms with van der Waals surface area (Å²) in [6, 6.07) is 26.6. The van der Waals surface area contributed by atoms with Gasteiger partial charge in [0.1, 0.15) is 11.1 Å². The first-order valence-corrected chi connectivity index (χ1v) is 9.95. The number of benzene rings is 2. The van der Waals surface area contributed by atoms with E-state index >= 15 is 0 Å². The van der Waals surface area contributed by atoms with Gasteiger partial charge in [-0.1, -0.05) is 12.1 Å². The Labute approximate surface area is 163 Å². The fraction of sp³-hybridized carbons (Fsp3) is 0.120. The van der Waals surface area contributed by atoms with Crippen LogP contribution in [0.15, 0.2) is 85.2 Å². The Hall–Kier alpha value is -3.46. The molecule has 7 rings (SSSR count). The molecule has 0 N–H and O–H groups in total.